The largest absolute Gasteiger partial charge is 0.369 e. The lowest BCUT2D eigenvalue weighted by Crippen LogP contribution is -2.22. The number of amides is 3. The van der Waals surface area contributed by atoms with Crippen molar-refractivity contribution >= 4 is 34.9 Å². The lowest BCUT2D eigenvalue weighted by Gasteiger charge is -2.14. The van der Waals surface area contributed by atoms with Crippen molar-refractivity contribution in [2.24, 2.45) is 5.73 Å². The molecule has 0 bridgehead atoms. The molecular formula is C29H29N7O3. The normalized spacial score (nSPS) is 10.6. The zero-order valence-corrected chi connectivity index (χ0v) is 21.6. The molecule has 0 saturated carbocycles. The Hall–Kier alpha value is -5.09. The Morgan fingerprint density at radius 3 is 2.03 bits per heavy atom. The maximum atomic E-state index is 13.4. The predicted molar refractivity (Wildman–Crippen MR) is 152 cm³/mol. The van der Waals surface area contributed by atoms with E-state index in [2.05, 4.69) is 25.9 Å². The summed E-state index contributed by atoms with van der Waals surface area (Å²) in [5.74, 6) is -0.795. The average molecular weight is 524 g/mol. The van der Waals surface area contributed by atoms with Gasteiger partial charge in [-0.2, -0.15) is 0 Å². The van der Waals surface area contributed by atoms with Gasteiger partial charge in [-0.1, -0.05) is 54.6 Å². The van der Waals surface area contributed by atoms with Crippen molar-refractivity contribution in [3.05, 3.63) is 102 Å². The van der Waals surface area contributed by atoms with Gasteiger partial charge in [-0.25, -0.2) is 9.97 Å². The summed E-state index contributed by atoms with van der Waals surface area (Å²) in [6.07, 6.45) is 0. The maximum Gasteiger partial charge on any atom is 0.274 e. The van der Waals surface area contributed by atoms with E-state index in [1.54, 1.807) is 48.5 Å². The van der Waals surface area contributed by atoms with Gasteiger partial charge < -0.3 is 26.6 Å². The van der Waals surface area contributed by atoms with Crippen LogP contribution in [0.15, 0.2) is 84.9 Å². The van der Waals surface area contributed by atoms with E-state index in [4.69, 9.17) is 5.73 Å². The first-order valence-electron chi connectivity index (χ1n) is 12.3. The fourth-order valence-electron chi connectivity index (χ4n) is 3.75. The molecule has 10 heteroatoms. The zero-order chi connectivity index (χ0) is 27.8. The van der Waals surface area contributed by atoms with Gasteiger partial charge in [0.05, 0.1) is 22.5 Å². The Kier molecular flexibility index (Phi) is 8.60. The molecule has 0 spiro atoms. The monoisotopic (exact) mass is 523 g/mol. The second-order valence-corrected chi connectivity index (χ2v) is 8.92. The second-order valence-electron chi connectivity index (χ2n) is 8.92. The van der Waals surface area contributed by atoms with Crippen molar-refractivity contribution in [3.8, 4) is 11.4 Å². The summed E-state index contributed by atoms with van der Waals surface area (Å²) in [5, 5.41) is 8.74. The highest BCUT2D eigenvalue weighted by Gasteiger charge is 2.18. The van der Waals surface area contributed by atoms with Crippen LogP contribution in [0.3, 0.4) is 0 Å². The molecule has 0 aliphatic rings. The van der Waals surface area contributed by atoms with Gasteiger partial charge in [0.15, 0.2) is 5.82 Å². The van der Waals surface area contributed by atoms with Gasteiger partial charge in [0.1, 0.15) is 11.5 Å². The number of hydrogen-bond acceptors (Lipinski definition) is 7. The van der Waals surface area contributed by atoms with Crippen molar-refractivity contribution in [2.45, 2.75) is 0 Å². The number of rotatable bonds is 10. The summed E-state index contributed by atoms with van der Waals surface area (Å²) in [7, 11) is 3.94. The van der Waals surface area contributed by atoms with Crippen LogP contribution in [-0.2, 0) is 0 Å². The molecule has 0 fully saturated rings. The molecule has 39 heavy (non-hydrogen) atoms. The molecule has 4 rings (SSSR count). The number of aromatic nitrogens is 2. The number of carbonyl (C=O) groups is 3. The highest BCUT2D eigenvalue weighted by atomic mass is 16.2. The van der Waals surface area contributed by atoms with Crippen LogP contribution >= 0.6 is 0 Å². The Bertz CT molecular complexity index is 1490. The third kappa shape index (κ3) is 7.02. The Labute approximate surface area is 226 Å². The number of anilines is 3. The molecule has 0 atom stereocenters. The van der Waals surface area contributed by atoms with Crippen LogP contribution in [0.25, 0.3) is 11.4 Å². The first-order chi connectivity index (χ1) is 18.8. The van der Waals surface area contributed by atoms with E-state index in [-0.39, 0.29) is 28.2 Å². The first-order valence-corrected chi connectivity index (χ1v) is 12.3. The fourth-order valence-corrected chi connectivity index (χ4v) is 3.75. The summed E-state index contributed by atoms with van der Waals surface area (Å²) in [6.45, 7) is 1.39. The minimum atomic E-state index is -0.666. The predicted octanol–water partition coefficient (Wildman–Crippen LogP) is 3.72. The van der Waals surface area contributed by atoms with E-state index in [9.17, 15) is 14.4 Å². The van der Waals surface area contributed by atoms with Gasteiger partial charge in [-0.05, 0) is 38.4 Å². The third-order valence-corrected chi connectivity index (χ3v) is 5.72. The molecule has 0 aliphatic carbocycles. The maximum absolute atomic E-state index is 13.4. The van der Waals surface area contributed by atoms with E-state index in [0.717, 1.165) is 12.1 Å². The van der Waals surface area contributed by atoms with E-state index in [0.29, 0.717) is 18.2 Å². The van der Waals surface area contributed by atoms with Crippen LogP contribution < -0.4 is 21.7 Å². The van der Waals surface area contributed by atoms with Crippen LogP contribution in [0.1, 0.15) is 31.2 Å². The molecule has 0 aliphatic heterocycles. The molecule has 4 aromatic rings. The molecule has 0 saturated heterocycles. The first kappa shape index (κ1) is 27.0. The van der Waals surface area contributed by atoms with Crippen LogP contribution in [0.4, 0.5) is 17.2 Å². The fraction of sp³-hybridized carbons (Fsp3) is 0.138. The van der Waals surface area contributed by atoms with Crippen LogP contribution in [0.5, 0.6) is 0 Å². The topological polar surface area (TPSA) is 142 Å². The van der Waals surface area contributed by atoms with Crippen molar-refractivity contribution in [3.63, 3.8) is 0 Å². The van der Waals surface area contributed by atoms with Crippen LogP contribution in [0, 0.1) is 0 Å². The van der Waals surface area contributed by atoms with E-state index >= 15 is 0 Å². The summed E-state index contributed by atoms with van der Waals surface area (Å²) < 4.78 is 0. The molecule has 198 valence electrons. The highest BCUT2D eigenvalue weighted by Crippen LogP contribution is 2.22. The van der Waals surface area contributed by atoms with E-state index in [1.807, 2.05) is 49.3 Å². The molecular weight excluding hydrogens is 494 g/mol. The minimum Gasteiger partial charge on any atom is -0.369 e. The van der Waals surface area contributed by atoms with E-state index < -0.39 is 17.7 Å². The van der Waals surface area contributed by atoms with Crippen molar-refractivity contribution < 1.29 is 14.4 Å². The minimum absolute atomic E-state index is 0.130. The summed E-state index contributed by atoms with van der Waals surface area (Å²) in [6, 6.07) is 23.9. The van der Waals surface area contributed by atoms with Gasteiger partial charge in [0, 0.05) is 24.7 Å². The molecule has 1 heterocycles. The average Bonchev–Trinajstić information content (AvgIpc) is 2.93. The Balaban J connectivity index is 1.60. The number of nitrogens with zero attached hydrogens (tertiary/aromatic N) is 3. The summed E-state index contributed by atoms with van der Waals surface area (Å²) in [4.78, 5) is 49.4. The third-order valence-electron chi connectivity index (χ3n) is 5.72. The van der Waals surface area contributed by atoms with Gasteiger partial charge in [-0.3, -0.25) is 14.4 Å². The number of carbonyl (C=O) groups excluding carboxylic acids is 3. The number of nitrogens with one attached hydrogen (secondary N) is 3. The summed E-state index contributed by atoms with van der Waals surface area (Å²) in [5.41, 5.74) is 7.25. The smallest absolute Gasteiger partial charge is 0.274 e. The number of hydrogen-bond donors (Lipinski definition) is 4. The van der Waals surface area contributed by atoms with Crippen LogP contribution in [-0.4, -0.2) is 59.8 Å². The van der Waals surface area contributed by atoms with Gasteiger partial charge in [0.25, 0.3) is 17.7 Å². The van der Waals surface area contributed by atoms with E-state index in [1.165, 1.54) is 6.07 Å². The number of primary amides is 1. The Morgan fingerprint density at radius 1 is 0.769 bits per heavy atom. The standard InChI is InChI=1S/C29H29N7O3/c1-36(2)17-16-31-25-18-24(32-27(35-25)19-10-4-3-5-11-19)29(39)34-23-15-9-7-13-21(23)28(38)33-22-14-8-6-12-20(22)26(30)37/h3-15,18H,16-17H2,1-2H3,(H2,30,37)(H,33,38)(H,34,39)(H,31,32,35). The molecule has 10 nitrogen and oxygen atoms in total. The molecule has 0 radical (unpaired) electrons. The molecule has 3 amide bonds. The van der Waals surface area contributed by atoms with Gasteiger partial charge >= 0.3 is 0 Å². The summed E-state index contributed by atoms with van der Waals surface area (Å²) >= 11 is 0. The SMILES string of the molecule is CN(C)CCNc1cc(C(=O)Nc2ccccc2C(=O)Nc2ccccc2C(N)=O)nc(-c2ccccc2)n1. The second kappa shape index (κ2) is 12.4. The Morgan fingerprint density at radius 2 is 1.36 bits per heavy atom. The molecule has 3 aromatic carbocycles. The lowest BCUT2D eigenvalue weighted by atomic mass is 10.1. The zero-order valence-electron chi connectivity index (χ0n) is 21.6. The molecule has 5 N–H and O–H groups in total. The van der Waals surface area contributed by atoms with Crippen molar-refractivity contribution in [1.29, 1.82) is 0 Å². The molecule has 0 unspecified atom stereocenters. The quantitative estimate of drug-likeness (QED) is 0.248. The van der Waals surface area contributed by atoms with Crippen molar-refractivity contribution in [2.75, 3.05) is 43.1 Å². The van der Waals surface area contributed by atoms with Gasteiger partial charge in [0.2, 0.25) is 0 Å². The van der Waals surface area contributed by atoms with Crippen molar-refractivity contribution in [1.82, 2.24) is 14.9 Å². The highest BCUT2D eigenvalue weighted by molar-refractivity contribution is 6.14. The number of likely N-dealkylation sites (N-methyl/N-ethyl adjacent to an activating group) is 1. The number of nitrogens with two attached hydrogens (primary N) is 1. The van der Waals surface area contributed by atoms with Gasteiger partial charge in [-0.15, -0.1) is 0 Å². The number of benzene rings is 3. The number of para-hydroxylation sites is 2. The van der Waals surface area contributed by atoms with Crippen LogP contribution in [0.2, 0.25) is 0 Å². The molecule has 1 aromatic heterocycles. The lowest BCUT2D eigenvalue weighted by molar-refractivity contribution is 0.0998.